The summed E-state index contributed by atoms with van der Waals surface area (Å²) in [5.74, 6) is 1.56. The van der Waals surface area contributed by atoms with Crippen molar-refractivity contribution in [1.29, 1.82) is 0 Å². The molecule has 0 fully saturated rings. The summed E-state index contributed by atoms with van der Waals surface area (Å²) in [7, 11) is 0. The molecule has 8 nitrogen and oxygen atoms in total. The van der Waals surface area contributed by atoms with Crippen LogP contribution in [0.5, 0.6) is 5.75 Å². The fourth-order valence-corrected chi connectivity index (χ4v) is 3.85. The zero-order chi connectivity index (χ0) is 25.5. The highest BCUT2D eigenvalue weighted by molar-refractivity contribution is 6.31. The number of halogens is 1. The van der Waals surface area contributed by atoms with Crippen LogP contribution in [0.25, 0.3) is 17.1 Å². The van der Waals surface area contributed by atoms with E-state index in [4.69, 9.17) is 25.7 Å². The Bertz CT molecular complexity index is 1470. The van der Waals surface area contributed by atoms with E-state index in [9.17, 15) is 4.79 Å². The SMILES string of the molecule is Cc1nc(COc2cc(C)n(-c3cc(-c4nc(C(C)(C)C)ncc4C)ncc3C)c(=O)c2Cl)co1. The first-order chi connectivity index (χ1) is 16.5. The number of rotatable bonds is 5. The van der Waals surface area contributed by atoms with Crippen molar-refractivity contribution in [3.05, 3.63) is 80.4 Å². The Kier molecular flexibility index (Phi) is 6.51. The summed E-state index contributed by atoms with van der Waals surface area (Å²) >= 11 is 6.46. The number of pyridine rings is 2. The van der Waals surface area contributed by atoms with Crippen molar-refractivity contribution in [2.24, 2.45) is 0 Å². The van der Waals surface area contributed by atoms with Gasteiger partial charge in [0.1, 0.15) is 35.2 Å². The summed E-state index contributed by atoms with van der Waals surface area (Å²) in [4.78, 5) is 31.4. The summed E-state index contributed by atoms with van der Waals surface area (Å²) in [6, 6.07) is 3.60. The van der Waals surface area contributed by atoms with Crippen LogP contribution in [0, 0.1) is 27.7 Å². The summed E-state index contributed by atoms with van der Waals surface area (Å²) in [6.07, 6.45) is 5.06. The monoisotopic (exact) mass is 493 g/mol. The third kappa shape index (κ3) is 4.98. The van der Waals surface area contributed by atoms with Crippen molar-refractivity contribution in [3.8, 4) is 22.8 Å². The van der Waals surface area contributed by atoms with Gasteiger partial charge in [0.05, 0.1) is 17.1 Å². The molecule has 0 aromatic carbocycles. The van der Waals surface area contributed by atoms with Gasteiger partial charge in [0.25, 0.3) is 5.56 Å². The molecule has 4 aromatic rings. The fraction of sp³-hybridized carbons (Fsp3) is 0.346. The van der Waals surface area contributed by atoms with E-state index in [-0.39, 0.29) is 22.6 Å². The molecule has 0 aliphatic rings. The molecule has 0 radical (unpaired) electrons. The van der Waals surface area contributed by atoms with Crippen LogP contribution >= 0.6 is 11.6 Å². The van der Waals surface area contributed by atoms with Gasteiger partial charge in [-0.3, -0.25) is 14.3 Å². The van der Waals surface area contributed by atoms with Gasteiger partial charge in [-0.1, -0.05) is 32.4 Å². The molecule has 9 heteroatoms. The van der Waals surface area contributed by atoms with Gasteiger partial charge in [0.2, 0.25) is 0 Å². The first kappa shape index (κ1) is 24.6. The molecule has 0 saturated carbocycles. The molecule has 0 aliphatic heterocycles. The average molecular weight is 494 g/mol. The maximum absolute atomic E-state index is 13.3. The number of aromatic nitrogens is 5. The third-order valence-corrected chi connectivity index (χ3v) is 5.89. The summed E-state index contributed by atoms with van der Waals surface area (Å²) in [6.45, 7) is 13.8. The predicted octanol–water partition coefficient (Wildman–Crippen LogP) is 5.44. The highest BCUT2D eigenvalue weighted by Gasteiger charge is 2.21. The summed E-state index contributed by atoms with van der Waals surface area (Å²) in [5, 5.41) is -0.0122. The number of ether oxygens (including phenoxy) is 1. The summed E-state index contributed by atoms with van der Waals surface area (Å²) < 4.78 is 12.5. The van der Waals surface area contributed by atoms with Gasteiger partial charge < -0.3 is 9.15 Å². The lowest BCUT2D eigenvalue weighted by atomic mass is 9.95. The van der Waals surface area contributed by atoms with Crippen LogP contribution in [0.1, 0.15) is 55.0 Å². The molecule has 182 valence electrons. The van der Waals surface area contributed by atoms with Crippen LogP contribution < -0.4 is 10.3 Å². The molecule has 4 aromatic heterocycles. The van der Waals surface area contributed by atoms with Crippen LogP contribution in [0.4, 0.5) is 0 Å². The van der Waals surface area contributed by atoms with Gasteiger partial charge in [-0.15, -0.1) is 0 Å². The molecule has 0 saturated heterocycles. The van der Waals surface area contributed by atoms with E-state index in [0.29, 0.717) is 34.4 Å². The van der Waals surface area contributed by atoms with Crippen LogP contribution in [-0.2, 0) is 12.0 Å². The minimum Gasteiger partial charge on any atom is -0.485 e. The van der Waals surface area contributed by atoms with E-state index in [0.717, 1.165) is 22.6 Å². The number of hydrogen-bond acceptors (Lipinski definition) is 7. The Labute approximate surface area is 209 Å². The second-order valence-electron chi connectivity index (χ2n) is 9.58. The molecule has 4 rings (SSSR count). The van der Waals surface area contributed by atoms with E-state index >= 15 is 0 Å². The van der Waals surface area contributed by atoms with Gasteiger partial charge >= 0.3 is 0 Å². The second-order valence-corrected chi connectivity index (χ2v) is 9.96. The zero-order valence-corrected chi connectivity index (χ0v) is 21.7. The molecule has 0 unspecified atom stereocenters. The van der Waals surface area contributed by atoms with E-state index in [1.165, 1.54) is 6.26 Å². The van der Waals surface area contributed by atoms with Crippen molar-refractivity contribution in [2.45, 2.75) is 60.5 Å². The fourth-order valence-electron chi connectivity index (χ4n) is 3.66. The lowest BCUT2D eigenvalue weighted by Crippen LogP contribution is -2.23. The Hall–Kier alpha value is -3.52. The Balaban J connectivity index is 1.76. The largest absolute Gasteiger partial charge is 0.485 e. The van der Waals surface area contributed by atoms with Crippen molar-refractivity contribution in [2.75, 3.05) is 0 Å². The first-order valence-corrected chi connectivity index (χ1v) is 11.6. The molecule has 0 bridgehead atoms. The molecule has 0 aliphatic carbocycles. The molecule has 0 N–H and O–H groups in total. The Morgan fingerprint density at radius 1 is 1.03 bits per heavy atom. The number of hydrogen-bond donors (Lipinski definition) is 0. The highest BCUT2D eigenvalue weighted by atomic mass is 35.5. The minimum atomic E-state index is -0.381. The van der Waals surface area contributed by atoms with Crippen molar-refractivity contribution >= 4 is 11.6 Å². The maximum atomic E-state index is 13.3. The van der Waals surface area contributed by atoms with Crippen molar-refractivity contribution < 1.29 is 9.15 Å². The molecule has 4 heterocycles. The lowest BCUT2D eigenvalue weighted by molar-refractivity contribution is 0.300. The van der Waals surface area contributed by atoms with E-state index in [1.807, 2.05) is 26.8 Å². The van der Waals surface area contributed by atoms with Gasteiger partial charge in [-0.25, -0.2) is 15.0 Å². The molecule has 35 heavy (non-hydrogen) atoms. The molecule has 0 atom stereocenters. The molecule has 0 amide bonds. The van der Waals surface area contributed by atoms with Crippen molar-refractivity contribution in [3.63, 3.8) is 0 Å². The van der Waals surface area contributed by atoms with E-state index < -0.39 is 0 Å². The smallest absolute Gasteiger partial charge is 0.277 e. The maximum Gasteiger partial charge on any atom is 0.277 e. The number of nitrogens with zero attached hydrogens (tertiary/aromatic N) is 5. The second kappa shape index (κ2) is 9.26. The van der Waals surface area contributed by atoms with Crippen LogP contribution in [0.2, 0.25) is 5.02 Å². The Morgan fingerprint density at radius 3 is 2.40 bits per heavy atom. The minimum absolute atomic E-state index is 0.0122. The number of aryl methyl sites for hydroxylation is 4. The molecular formula is C26H28ClN5O3. The number of oxazole rings is 1. The highest BCUT2D eigenvalue weighted by Crippen LogP contribution is 2.29. The van der Waals surface area contributed by atoms with Gasteiger partial charge in [0, 0.05) is 36.5 Å². The molecular weight excluding hydrogens is 466 g/mol. The average Bonchev–Trinajstić information content (AvgIpc) is 3.21. The van der Waals surface area contributed by atoms with Crippen LogP contribution in [-0.4, -0.2) is 24.5 Å². The van der Waals surface area contributed by atoms with E-state index in [2.05, 4.69) is 35.7 Å². The third-order valence-electron chi connectivity index (χ3n) is 5.54. The first-order valence-electron chi connectivity index (χ1n) is 11.2. The van der Waals surface area contributed by atoms with Gasteiger partial charge in [-0.05, 0) is 38.0 Å². The van der Waals surface area contributed by atoms with Gasteiger partial charge in [-0.2, -0.15) is 0 Å². The quantitative estimate of drug-likeness (QED) is 0.365. The van der Waals surface area contributed by atoms with Crippen molar-refractivity contribution in [1.82, 2.24) is 24.5 Å². The predicted molar refractivity (Wildman–Crippen MR) is 134 cm³/mol. The standard InChI is InChI=1S/C26H28ClN5O3/c1-14-10-28-19(23-15(2)11-29-25(31-23)26(5,6)7)9-20(14)32-16(3)8-21(22(27)24(32)33)35-13-18-12-34-17(4)30-18/h8-12H,13H2,1-7H3. The van der Waals surface area contributed by atoms with Crippen LogP contribution in [0.3, 0.4) is 0 Å². The van der Waals surface area contributed by atoms with Crippen LogP contribution in [0.15, 0.2) is 40.0 Å². The summed E-state index contributed by atoms with van der Waals surface area (Å²) in [5.41, 5.74) is 4.47. The van der Waals surface area contributed by atoms with E-state index in [1.54, 1.807) is 30.0 Å². The van der Waals surface area contributed by atoms with Gasteiger partial charge in [0.15, 0.2) is 5.89 Å². The lowest BCUT2D eigenvalue weighted by Gasteiger charge is -2.19. The normalized spacial score (nSPS) is 11.7. The topological polar surface area (TPSA) is 95.9 Å². The Morgan fingerprint density at radius 2 is 1.74 bits per heavy atom. The molecule has 0 spiro atoms. The zero-order valence-electron chi connectivity index (χ0n) is 20.9.